The van der Waals surface area contributed by atoms with Crippen LogP contribution < -0.4 is 4.74 Å². The van der Waals surface area contributed by atoms with Crippen LogP contribution in [0.2, 0.25) is 0 Å². The van der Waals surface area contributed by atoms with E-state index in [0.717, 1.165) is 35.3 Å². The Bertz CT molecular complexity index is 1270. The lowest BCUT2D eigenvalue weighted by Crippen LogP contribution is -2.07. The van der Waals surface area contributed by atoms with Crippen LogP contribution in [0.25, 0.3) is 0 Å². The molecule has 0 heterocycles. The molecule has 3 aromatic rings. The van der Waals surface area contributed by atoms with Crippen LogP contribution in [-0.4, -0.2) is 21.0 Å². The molecule has 170 valence electrons. The van der Waals surface area contributed by atoms with E-state index in [1.807, 2.05) is 43.3 Å². The fraction of sp³-hybridized carbons (Fsp3) is 0.296. The van der Waals surface area contributed by atoms with E-state index < -0.39 is 9.84 Å². The summed E-state index contributed by atoms with van der Waals surface area (Å²) in [6, 6.07) is 21.9. The van der Waals surface area contributed by atoms with Crippen molar-refractivity contribution >= 4 is 15.8 Å². The molecule has 0 radical (unpaired) electrons. The zero-order valence-corrected chi connectivity index (χ0v) is 19.3. The van der Waals surface area contributed by atoms with Gasteiger partial charge in [-0.2, -0.15) is 0 Å². The van der Waals surface area contributed by atoms with Crippen LogP contribution in [-0.2, 0) is 25.8 Å². The van der Waals surface area contributed by atoms with Crippen LogP contribution in [0.15, 0.2) is 82.6 Å². The van der Waals surface area contributed by atoms with Gasteiger partial charge in [-0.15, -0.1) is 0 Å². The van der Waals surface area contributed by atoms with Gasteiger partial charge in [-0.1, -0.05) is 42.5 Å². The summed E-state index contributed by atoms with van der Waals surface area (Å²) in [7, 11) is -3.58. The number of benzene rings is 3. The minimum Gasteiger partial charge on any atom is -0.486 e. The predicted molar refractivity (Wildman–Crippen MR) is 124 cm³/mol. The van der Waals surface area contributed by atoms with E-state index in [1.165, 1.54) is 0 Å². The fourth-order valence-corrected chi connectivity index (χ4v) is 6.29. The lowest BCUT2D eigenvalue weighted by atomic mass is 10.1. The molecule has 0 spiro atoms. The quantitative estimate of drug-likeness (QED) is 0.449. The average Bonchev–Trinajstić information content (AvgIpc) is 3.54. The molecule has 0 bridgehead atoms. The summed E-state index contributed by atoms with van der Waals surface area (Å²) in [6.45, 7) is 2.23. The second-order valence-corrected chi connectivity index (χ2v) is 10.5. The van der Waals surface area contributed by atoms with Crippen LogP contribution in [0.4, 0.5) is 0 Å². The van der Waals surface area contributed by atoms with Crippen molar-refractivity contribution in [3.8, 4) is 5.75 Å². The Morgan fingerprint density at radius 3 is 2.45 bits per heavy atom. The average molecular weight is 463 g/mol. The van der Waals surface area contributed by atoms with Gasteiger partial charge in [0.15, 0.2) is 0 Å². The second kappa shape index (κ2) is 8.67. The first-order valence-electron chi connectivity index (χ1n) is 11.3. The van der Waals surface area contributed by atoms with E-state index in [4.69, 9.17) is 9.47 Å². The Labute approximate surface area is 194 Å². The minimum atomic E-state index is -3.58. The molecule has 2 unspecified atom stereocenters. The predicted octanol–water partition coefficient (Wildman–Crippen LogP) is 5.25. The van der Waals surface area contributed by atoms with Gasteiger partial charge >= 0.3 is 5.97 Å². The number of esters is 1. The molecule has 2 aliphatic rings. The molecule has 0 amide bonds. The number of rotatable bonds is 7. The summed E-state index contributed by atoms with van der Waals surface area (Å²) in [4.78, 5) is 12.6. The van der Waals surface area contributed by atoms with Crippen molar-refractivity contribution in [1.29, 1.82) is 0 Å². The Kier molecular flexibility index (Phi) is 5.71. The zero-order valence-electron chi connectivity index (χ0n) is 18.4. The van der Waals surface area contributed by atoms with Crippen molar-refractivity contribution in [3.63, 3.8) is 0 Å². The number of ether oxygens (including phenoxy) is 2. The second-order valence-electron chi connectivity index (χ2n) is 8.56. The normalized spacial score (nSPS) is 21.3. The van der Waals surface area contributed by atoms with Gasteiger partial charge in [0.25, 0.3) is 0 Å². The van der Waals surface area contributed by atoms with Crippen molar-refractivity contribution in [3.05, 3.63) is 89.5 Å². The topological polar surface area (TPSA) is 69.7 Å². The largest absolute Gasteiger partial charge is 0.486 e. The first kappa shape index (κ1) is 21.7. The summed E-state index contributed by atoms with van der Waals surface area (Å²) in [6.07, 6.45) is 2.02. The van der Waals surface area contributed by atoms with Crippen LogP contribution in [0.1, 0.15) is 48.5 Å². The molecule has 3 atom stereocenters. The van der Waals surface area contributed by atoms with E-state index in [-0.39, 0.29) is 23.9 Å². The SMILES string of the molecule is CCOC(=O)C1CC1c1ccc(O[C@@H]2CCc3c2cccc3S(=O)(=O)c2ccccc2)cc1. The third-order valence-electron chi connectivity index (χ3n) is 6.48. The minimum absolute atomic E-state index is 0.0385. The highest BCUT2D eigenvalue weighted by Crippen LogP contribution is 2.48. The Balaban J connectivity index is 1.32. The monoisotopic (exact) mass is 462 g/mol. The summed E-state index contributed by atoms with van der Waals surface area (Å²) < 4.78 is 37.8. The summed E-state index contributed by atoms with van der Waals surface area (Å²) >= 11 is 0. The van der Waals surface area contributed by atoms with Crippen molar-refractivity contribution in [1.82, 2.24) is 0 Å². The lowest BCUT2D eigenvalue weighted by Gasteiger charge is -2.16. The van der Waals surface area contributed by atoms with Gasteiger partial charge in [0.2, 0.25) is 9.84 Å². The highest BCUT2D eigenvalue weighted by atomic mass is 32.2. The number of hydrogen-bond donors (Lipinski definition) is 0. The first-order valence-corrected chi connectivity index (χ1v) is 12.8. The Morgan fingerprint density at radius 2 is 1.73 bits per heavy atom. The number of carbonyl (C=O) groups is 1. The maximum Gasteiger partial charge on any atom is 0.309 e. The number of fused-ring (bicyclic) bond motifs is 1. The maximum absolute atomic E-state index is 13.2. The summed E-state index contributed by atoms with van der Waals surface area (Å²) in [5, 5.41) is 0. The van der Waals surface area contributed by atoms with Gasteiger partial charge in [-0.25, -0.2) is 8.42 Å². The number of carbonyl (C=O) groups excluding carboxylic acids is 1. The molecule has 0 N–H and O–H groups in total. The standard InChI is InChI=1S/C27H26O5S/c1-2-31-27(28)24-17-23(24)18-11-13-19(14-12-18)32-25-16-15-22-21(25)9-6-10-26(22)33(29,30)20-7-4-3-5-8-20/h3-14,23-25H,2,15-17H2,1H3/t23?,24?,25-/m1/s1. The molecule has 5 nitrogen and oxygen atoms in total. The van der Waals surface area contributed by atoms with Gasteiger partial charge in [0, 0.05) is 0 Å². The van der Waals surface area contributed by atoms with Crippen LogP contribution in [0.5, 0.6) is 5.75 Å². The first-order chi connectivity index (χ1) is 16.0. The van der Waals surface area contributed by atoms with Gasteiger partial charge in [-0.3, -0.25) is 4.79 Å². The number of hydrogen-bond acceptors (Lipinski definition) is 5. The molecule has 1 saturated carbocycles. The molecule has 0 aromatic heterocycles. The van der Waals surface area contributed by atoms with Crippen molar-refractivity contribution in [2.75, 3.05) is 6.61 Å². The smallest absolute Gasteiger partial charge is 0.309 e. The van der Waals surface area contributed by atoms with Crippen LogP contribution in [0, 0.1) is 5.92 Å². The molecule has 33 heavy (non-hydrogen) atoms. The van der Waals surface area contributed by atoms with E-state index >= 15 is 0 Å². The van der Waals surface area contributed by atoms with Gasteiger partial charge < -0.3 is 9.47 Å². The maximum atomic E-state index is 13.2. The molecule has 6 heteroatoms. The zero-order chi connectivity index (χ0) is 23.0. The lowest BCUT2D eigenvalue weighted by molar-refractivity contribution is -0.144. The molecular weight excluding hydrogens is 436 g/mol. The van der Waals surface area contributed by atoms with E-state index in [0.29, 0.717) is 22.8 Å². The third-order valence-corrected chi connectivity index (χ3v) is 8.34. The summed E-state index contributed by atoms with van der Waals surface area (Å²) in [5.74, 6) is 0.798. The Hall–Kier alpha value is -3.12. The van der Waals surface area contributed by atoms with E-state index in [1.54, 1.807) is 36.4 Å². The molecule has 0 aliphatic heterocycles. The molecule has 3 aromatic carbocycles. The van der Waals surface area contributed by atoms with E-state index in [9.17, 15) is 13.2 Å². The molecule has 1 fully saturated rings. The van der Waals surface area contributed by atoms with Gasteiger partial charge in [-0.05, 0) is 79.1 Å². The molecule has 0 saturated heterocycles. The van der Waals surface area contributed by atoms with Crippen LogP contribution in [0.3, 0.4) is 0 Å². The van der Waals surface area contributed by atoms with Crippen molar-refractivity contribution < 1.29 is 22.7 Å². The van der Waals surface area contributed by atoms with Gasteiger partial charge in [0.1, 0.15) is 11.9 Å². The third kappa shape index (κ3) is 4.15. The highest BCUT2D eigenvalue weighted by molar-refractivity contribution is 7.91. The fourth-order valence-electron chi connectivity index (χ4n) is 4.71. The van der Waals surface area contributed by atoms with Crippen LogP contribution >= 0.6 is 0 Å². The molecule has 2 aliphatic carbocycles. The molecule has 5 rings (SSSR count). The Morgan fingerprint density at radius 1 is 0.970 bits per heavy atom. The van der Waals surface area contributed by atoms with Crippen molar-refractivity contribution in [2.45, 2.75) is 48.0 Å². The van der Waals surface area contributed by atoms with Gasteiger partial charge in [0.05, 0.1) is 22.3 Å². The number of sulfone groups is 1. The van der Waals surface area contributed by atoms with E-state index in [2.05, 4.69) is 0 Å². The highest BCUT2D eigenvalue weighted by Gasteiger charge is 2.45. The molecular formula is C27H26O5S. The summed E-state index contributed by atoms with van der Waals surface area (Å²) in [5.41, 5.74) is 2.89. The van der Waals surface area contributed by atoms with Crippen molar-refractivity contribution in [2.24, 2.45) is 5.92 Å².